The average molecular weight is 302 g/mol. The largest absolute Gasteiger partial charge is 0.497 e. The zero-order chi connectivity index (χ0) is 12.3. The summed E-state index contributed by atoms with van der Waals surface area (Å²) in [7, 11) is 5.84. The van der Waals surface area contributed by atoms with Crippen LogP contribution in [0.5, 0.6) is 5.75 Å². The summed E-state index contributed by atoms with van der Waals surface area (Å²) >= 11 is 3.53. The summed E-state index contributed by atoms with van der Waals surface area (Å²) < 4.78 is 5.23. The summed E-state index contributed by atoms with van der Waals surface area (Å²) in [4.78, 5) is 4.63. The Morgan fingerprint density at radius 3 is 2.67 bits per heavy atom. The van der Waals surface area contributed by atoms with E-state index in [2.05, 4.69) is 42.6 Å². The van der Waals surface area contributed by atoms with E-state index in [0.717, 1.165) is 5.75 Å². The lowest BCUT2D eigenvalue weighted by molar-refractivity contribution is 0.413. The summed E-state index contributed by atoms with van der Waals surface area (Å²) in [6.07, 6.45) is 0. The molecule has 98 valence electrons. The Kier molecular flexibility index (Phi) is 5.85. The molecule has 2 aromatic rings. The molecule has 0 aliphatic rings. The van der Waals surface area contributed by atoms with E-state index in [1.165, 1.54) is 14.8 Å². The summed E-state index contributed by atoms with van der Waals surface area (Å²) in [5.74, 6) is 0.900. The normalized spacial score (nSPS) is 9.72. The lowest BCUT2D eigenvalue weighted by Gasteiger charge is -2.12. The maximum atomic E-state index is 5.23. The van der Waals surface area contributed by atoms with E-state index < -0.39 is 0 Å². The van der Waals surface area contributed by atoms with E-state index in [1.54, 1.807) is 30.2 Å². The average Bonchev–Trinajstić information content (AvgIpc) is 2.77. The van der Waals surface area contributed by atoms with Gasteiger partial charge in [0.2, 0.25) is 0 Å². The molecule has 0 N–H and O–H groups in total. The van der Waals surface area contributed by atoms with Gasteiger partial charge in [-0.1, -0.05) is 17.8 Å². The van der Waals surface area contributed by atoms with E-state index in [1.807, 2.05) is 12.1 Å². The van der Waals surface area contributed by atoms with Crippen LogP contribution in [0.4, 0.5) is 5.00 Å². The molecule has 0 fully saturated rings. The van der Waals surface area contributed by atoms with E-state index in [0.29, 0.717) is 0 Å². The van der Waals surface area contributed by atoms with Gasteiger partial charge in [0.25, 0.3) is 0 Å². The van der Waals surface area contributed by atoms with Crippen LogP contribution in [-0.4, -0.2) is 21.2 Å². The van der Waals surface area contributed by atoms with Crippen molar-refractivity contribution >= 4 is 40.5 Å². The van der Waals surface area contributed by atoms with Crippen LogP contribution in [0.3, 0.4) is 0 Å². The molecule has 1 aromatic carbocycles. The van der Waals surface area contributed by atoms with Gasteiger partial charge in [0.15, 0.2) is 0 Å². The van der Waals surface area contributed by atoms with Crippen molar-refractivity contribution in [2.24, 2.45) is 0 Å². The van der Waals surface area contributed by atoms with Gasteiger partial charge in [0.1, 0.15) is 10.8 Å². The van der Waals surface area contributed by atoms with Crippen molar-refractivity contribution in [2.75, 3.05) is 26.1 Å². The van der Waals surface area contributed by atoms with Gasteiger partial charge >= 0.3 is 0 Å². The Morgan fingerprint density at radius 1 is 1.22 bits per heavy atom. The quantitative estimate of drug-likeness (QED) is 0.831. The number of rotatable bonds is 4. The number of anilines is 1. The first kappa shape index (κ1) is 15.2. The predicted octanol–water partition coefficient (Wildman–Crippen LogP) is 4.40. The minimum Gasteiger partial charge on any atom is -0.497 e. The number of hydrogen-bond donors (Lipinski definition) is 0. The molecule has 0 amide bonds. The van der Waals surface area contributed by atoms with Gasteiger partial charge in [-0.25, -0.2) is 0 Å². The van der Waals surface area contributed by atoms with Gasteiger partial charge in [-0.15, -0.1) is 23.7 Å². The van der Waals surface area contributed by atoms with Crippen LogP contribution in [0.1, 0.15) is 0 Å². The van der Waals surface area contributed by atoms with Crippen LogP contribution in [-0.2, 0) is 0 Å². The SMILES string of the molecule is COc1cccc(Sc2ccsc2N(C)C)c1.Cl. The second-order valence-corrected chi connectivity index (χ2v) is 5.78. The zero-order valence-electron chi connectivity index (χ0n) is 10.5. The van der Waals surface area contributed by atoms with Gasteiger partial charge < -0.3 is 9.64 Å². The number of benzene rings is 1. The molecule has 0 radical (unpaired) electrons. The Labute approximate surface area is 122 Å². The van der Waals surface area contributed by atoms with Crippen molar-refractivity contribution in [2.45, 2.75) is 9.79 Å². The lowest BCUT2D eigenvalue weighted by Crippen LogP contribution is -2.07. The molecule has 0 spiro atoms. The molecule has 2 nitrogen and oxygen atoms in total. The van der Waals surface area contributed by atoms with Gasteiger partial charge in [0, 0.05) is 23.9 Å². The smallest absolute Gasteiger partial charge is 0.119 e. The summed E-state index contributed by atoms with van der Waals surface area (Å²) in [6, 6.07) is 10.3. The fourth-order valence-electron chi connectivity index (χ4n) is 1.48. The lowest BCUT2D eigenvalue weighted by atomic mass is 10.3. The van der Waals surface area contributed by atoms with Crippen LogP contribution < -0.4 is 9.64 Å². The number of thiophene rings is 1. The second-order valence-electron chi connectivity index (χ2n) is 3.77. The first-order valence-corrected chi connectivity index (χ1v) is 6.97. The Bertz CT molecular complexity index is 499. The van der Waals surface area contributed by atoms with Crippen molar-refractivity contribution in [1.82, 2.24) is 0 Å². The molecule has 0 bridgehead atoms. The highest BCUT2D eigenvalue weighted by Gasteiger charge is 2.08. The monoisotopic (exact) mass is 301 g/mol. The number of hydrogen-bond acceptors (Lipinski definition) is 4. The first-order valence-electron chi connectivity index (χ1n) is 5.27. The molecule has 5 heteroatoms. The van der Waals surface area contributed by atoms with Crippen molar-refractivity contribution in [3.63, 3.8) is 0 Å². The molecule has 0 aliphatic carbocycles. The highest BCUT2D eigenvalue weighted by atomic mass is 35.5. The third-order valence-corrected chi connectivity index (χ3v) is 4.53. The second kappa shape index (κ2) is 6.92. The van der Waals surface area contributed by atoms with Gasteiger partial charge in [0.05, 0.1) is 7.11 Å². The number of ether oxygens (including phenoxy) is 1. The topological polar surface area (TPSA) is 12.5 Å². The Hall–Kier alpha value is -0.840. The Morgan fingerprint density at radius 2 is 2.00 bits per heavy atom. The molecular formula is C13H16ClNOS2. The maximum absolute atomic E-state index is 5.23. The summed E-state index contributed by atoms with van der Waals surface area (Å²) in [5.41, 5.74) is 0. The highest BCUT2D eigenvalue weighted by Crippen LogP contribution is 2.39. The van der Waals surface area contributed by atoms with Gasteiger partial charge in [-0.05, 0) is 29.6 Å². The fourth-order valence-corrected chi connectivity index (χ4v) is 3.55. The molecule has 1 aromatic heterocycles. The van der Waals surface area contributed by atoms with Gasteiger partial charge in [-0.3, -0.25) is 0 Å². The van der Waals surface area contributed by atoms with Crippen molar-refractivity contribution < 1.29 is 4.74 Å². The van der Waals surface area contributed by atoms with Crippen molar-refractivity contribution in [3.8, 4) is 5.75 Å². The van der Waals surface area contributed by atoms with Crippen molar-refractivity contribution in [3.05, 3.63) is 35.7 Å². The van der Waals surface area contributed by atoms with Crippen LogP contribution >= 0.6 is 35.5 Å². The Balaban J connectivity index is 0.00000162. The fraction of sp³-hybridized carbons (Fsp3) is 0.231. The molecular weight excluding hydrogens is 286 g/mol. The summed E-state index contributed by atoms with van der Waals surface area (Å²) in [6.45, 7) is 0. The van der Waals surface area contributed by atoms with E-state index in [-0.39, 0.29) is 12.4 Å². The third kappa shape index (κ3) is 3.57. The number of methoxy groups -OCH3 is 1. The molecule has 18 heavy (non-hydrogen) atoms. The maximum Gasteiger partial charge on any atom is 0.119 e. The van der Waals surface area contributed by atoms with Crippen molar-refractivity contribution in [1.29, 1.82) is 0 Å². The highest BCUT2D eigenvalue weighted by molar-refractivity contribution is 7.99. The molecule has 0 atom stereocenters. The minimum atomic E-state index is 0. The molecule has 0 saturated heterocycles. The molecule has 0 aliphatic heterocycles. The third-order valence-electron chi connectivity index (χ3n) is 2.29. The molecule has 0 saturated carbocycles. The van der Waals surface area contributed by atoms with Crippen LogP contribution in [0.25, 0.3) is 0 Å². The first-order chi connectivity index (χ1) is 8.20. The van der Waals surface area contributed by atoms with E-state index >= 15 is 0 Å². The van der Waals surface area contributed by atoms with E-state index in [4.69, 9.17) is 4.74 Å². The minimum absolute atomic E-state index is 0. The molecule has 1 heterocycles. The van der Waals surface area contributed by atoms with E-state index in [9.17, 15) is 0 Å². The number of nitrogens with zero attached hydrogens (tertiary/aromatic N) is 1. The molecule has 2 rings (SSSR count). The number of halogens is 1. The summed E-state index contributed by atoms with van der Waals surface area (Å²) in [5, 5.41) is 3.41. The van der Waals surface area contributed by atoms with Crippen LogP contribution in [0, 0.1) is 0 Å². The van der Waals surface area contributed by atoms with Crippen LogP contribution in [0.15, 0.2) is 45.5 Å². The standard InChI is InChI=1S/C13H15NOS2.ClH/c1-14(2)13-12(7-8-16-13)17-11-6-4-5-10(9-11)15-3;/h4-9H,1-3H3;1H. The van der Waals surface area contributed by atoms with Crippen LogP contribution in [0.2, 0.25) is 0 Å². The predicted molar refractivity (Wildman–Crippen MR) is 83.0 cm³/mol. The molecule has 0 unspecified atom stereocenters. The zero-order valence-corrected chi connectivity index (χ0v) is 13.0. The van der Waals surface area contributed by atoms with Gasteiger partial charge in [-0.2, -0.15) is 0 Å².